The van der Waals surface area contributed by atoms with Gasteiger partial charge in [0.15, 0.2) is 15.6 Å². The highest BCUT2D eigenvalue weighted by Gasteiger charge is 2.18. The van der Waals surface area contributed by atoms with Crippen LogP contribution in [0.3, 0.4) is 0 Å². The van der Waals surface area contributed by atoms with E-state index >= 15 is 0 Å². The Hall–Kier alpha value is -3.71. The van der Waals surface area contributed by atoms with Crippen molar-refractivity contribution in [2.45, 2.75) is 11.8 Å². The molecule has 4 aromatic rings. The first-order valence-corrected chi connectivity index (χ1v) is 11.4. The summed E-state index contributed by atoms with van der Waals surface area (Å²) in [6, 6.07) is 21.0. The van der Waals surface area contributed by atoms with Crippen LogP contribution in [0.2, 0.25) is 0 Å². The zero-order chi connectivity index (χ0) is 22.0. The fourth-order valence-electron chi connectivity index (χ4n) is 3.12. The molecule has 7 heteroatoms. The first kappa shape index (κ1) is 20.6. The van der Waals surface area contributed by atoms with Crippen molar-refractivity contribution in [1.29, 1.82) is 0 Å². The van der Waals surface area contributed by atoms with Crippen molar-refractivity contribution in [1.82, 2.24) is 4.98 Å². The molecule has 0 unspecified atom stereocenters. The predicted octanol–water partition coefficient (Wildman–Crippen LogP) is 4.97. The number of amides is 1. The number of aryl methyl sites for hydroxylation is 1. The molecule has 0 radical (unpaired) electrons. The number of carbonyl (C=O) groups excluding carboxylic acids is 1. The summed E-state index contributed by atoms with van der Waals surface area (Å²) < 4.78 is 29.5. The number of sulfone groups is 1. The number of benzene rings is 3. The van der Waals surface area contributed by atoms with E-state index in [9.17, 15) is 13.2 Å². The average molecular weight is 433 g/mol. The topological polar surface area (TPSA) is 89.3 Å². The molecular formula is C24H20N2O4S. The number of carbonyl (C=O) groups is 1. The van der Waals surface area contributed by atoms with Gasteiger partial charge in [-0.2, -0.15) is 0 Å². The number of oxazole rings is 1. The first-order valence-electron chi connectivity index (χ1n) is 9.55. The van der Waals surface area contributed by atoms with Gasteiger partial charge in [0.05, 0.1) is 16.7 Å². The summed E-state index contributed by atoms with van der Waals surface area (Å²) in [5.41, 5.74) is 3.33. The van der Waals surface area contributed by atoms with Crippen LogP contribution in [0.25, 0.3) is 22.8 Å². The van der Waals surface area contributed by atoms with Crippen LogP contribution < -0.4 is 5.32 Å². The molecule has 31 heavy (non-hydrogen) atoms. The molecule has 0 saturated carbocycles. The summed E-state index contributed by atoms with van der Waals surface area (Å²) in [4.78, 5) is 17.4. The van der Waals surface area contributed by atoms with Crippen molar-refractivity contribution in [3.63, 3.8) is 0 Å². The molecule has 1 N–H and O–H groups in total. The molecule has 1 aromatic heterocycles. The minimum absolute atomic E-state index is 0.133. The van der Waals surface area contributed by atoms with Gasteiger partial charge in [-0.25, -0.2) is 13.4 Å². The number of nitrogens with zero attached hydrogens (tertiary/aromatic N) is 1. The smallest absolute Gasteiger partial charge is 0.256 e. The number of nitrogens with one attached hydrogen (secondary N) is 1. The molecule has 1 amide bonds. The lowest BCUT2D eigenvalue weighted by Gasteiger charge is -2.09. The Morgan fingerprint density at radius 1 is 0.968 bits per heavy atom. The van der Waals surface area contributed by atoms with E-state index < -0.39 is 15.7 Å². The minimum Gasteiger partial charge on any atom is -0.436 e. The van der Waals surface area contributed by atoms with Crippen LogP contribution in [0, 0.1) is 6.92 Å². The van der Waals surface area contributed by atoms with Gasteiger partial charge in [-0.15, -0.1) is 0 Å². The standard InChI is InChI=1S/C24H20N2O4S/c1-16-10-12-17(13-11-16)22-15-25-24(30-22)21-9-4-3-8-20(21)23(27)26-18-6-5-7-19(14-18)31(2,28)29/h3-15H,1-2H3,(H,26,27). The van der Waals surface area contributed by atoms with Gasteiger partial charge in [0.25, 0.3) is 5.91 Å². The Bertz CT molecular complexity index is 1360. The lowest BCUT2D eigenvalue weighted by Crippen LogP contribution is -2.13. The zero-order valence-corrected chi connectivity index (χ0v) is 17.8. The molecule has 0 bridgehead atoms. The molecule has 0 saturated heterocycles. The van der Waals surface area contributed by atoms with Crippen molar-refractivity contribution < 1.29 is 17.6 Å². The molecule has 156 valence electrons. The summed E-state index contributed by atoms with van der Waals surface area (Å²) in [5.74, 6) is 0.536. The number of hydrogen-bond acceptors (Lipinski definition) is 5. The van der Waals surface area contributed by atoms with Crippen molar-refractivity contribution >= 4 is 21.4 Å². The van der Waals surface area contributed by atoms with Crippen molar-refractivity contribution in [3.8, 4) is 22.8 Å². The third-order valence-electron chi connectivity index (χ3n) is 4.76. The van der Waals surface area contributed by atoms with E-state index in [0.29, 0.717) is 28.5 Å². The molecule has 0 atom stereocenters. The number of rotatable bonds is 5. The Morgan fingerprint density at radius 2 is 1.71 bits per heavy atom. The predicted molar refractivity (Wildman–Crippen MR) is 120 cm³/mol. The van der Waals surface area contributed by atoms with Gasteiger partial charge in [-0.1, -0.05) is 48.0 Å². The van der Waals surface area contributed by atoms with Crippen LogP contribution in [0.4, 0.5) is 5.69 Å². The lowest BCUT2D eigenvalue weighted by molar-refractivity contribution is 0.102. The fraction of sp³-hybridized carbons (Fsp3) is 0.0833. The summed E-state index contributed by atoms with van der Waals surface area (Å²) in [6.07, 6.45) is 2.75. The summed E-state index contributed by atoms with van der Waals surface area (Å²) >= 11 is 0. The summed E-state index contributed by atoms with van der Waals surface area (Å²) in [7, 11) is -3.38. The monoisotopic (exact) mass is 432 g/mol. The molecule has 1 heterocycles. The third kappa shape index (κ3) is 4.57. The molecule has 0 aliphatic rings. The van der Waals surface area contributed by atoms with Crippen molar-refractivity contribution in [2.75, 3.05) is 11.6 Å². The van der Waals surface area contributed by atoms with Crippen molar-refractivity contribution in [3.05, 3.63) is 90.1 Å². The van der Waals surface area contributed by atoms with Gasteiger partial charge in [0.2, 0.25) is 5.89 Å². The maximum atomic E-state index is 13.0. The molecule has 6 nitrogen and oxygen atoms in total. The second kappa shape index (κ2) is 8.20. The van der Waals surface area contributed by atoms with E-state index in [1.165, 1.54) is 12.1 Å². The quantitative estimate of drug-likeness (QED) is 0.481. The van der Waals surface area contributed by atoms with Crippen LogP contribution in [-0.2, 0) is 9.84 Å². The van der Waals surface area contributed by atoms with Gasteiger partial charge in [0.1, 0.15) is 0 Å². The third-order valence-corrected chi connectivity index (χ3v) is 5.87. The van der Waals surface area contributed by atoms with Gasteiger partial charge in [0, 0.05) is 23.1 Å². The maximum absolute atomic E-state index is 13.0. The number of aromatic nitrogens is 1. The van der Waals surface area contributed by atoms with Crippen LogP contribution in [0.5, 0.6) is 0 Å². The Kier molecular flexibility index (Phi) is 5.44. The number of anilines is 1. The average Bonchev–Trinajstić information content (AvgIpc) is 3.24. The van der Waals surface area contributed by atoms with Gasteiger partial charge >= 0.3 is 0 Å². The van der Waals surface area contributed by atoms with Crippen LogP contribution in [0.1, 0.15) is 15.9 Å². The Balaban J connectivity index is 1.64. The van der Waals surface area contributed by atoms with Gasteiger partial charge in [-0.3, -0.25) is 4.79 Å². The van der Waals surface area contributed by atoms with E-state index in [4.69, 9.17) is 4.42 Å². The summed E-state index contributed by atoms with van der Waals surface area (Å²) in [6.45, 7) is 2.01. The van der Waals surface area contributed by atoms with Crippen LogP contribution >= 0.6 is 0 Å². The highest BCUT2D eigenvalue weighted by molar-refractivity contribution is 7.90. The Labute approximate surface area is 180 Å². The van der Waals surface area contributed by atoms with Gasteiger partial charge in [-0.05, 0) is 37.3 Å². The molecule has 3 aromatic carbocycles. The normalized spacial score (nSPS) is 11.3. The molecule has 0 spiro atoms. The van der Waals surface area contributed by atoms with E-state index in [1.807, 2.05) is 31.2 Å². The SMILES string of the molecule is Cc1ccc(-c2cnc(-c3ccccc3C(=O)Nc3cccc(S(C)(=O)=O)c3)o2)cc1. The largest absolute Gasteiger partial charge is 0.436 e. The van der Waals surface area contributed by atoms with Crippen LogP contribution in [-0.4, -0.2) is 25.6 Å². The van der Waals surface area contributed by atoms with E-state index in [1.54, 1.807) is 42.6 Å². The van der Waals surface area contributed by atoms with Crippen molar-refractivity contribution in [2.24, 2.45) is 0 Å². The first-order chi connectivity index (χ1) is 14.8. The molecular weight excluding hydrogens is 412 g/mol. The summed E-state index contributed by atoms with van der Waals surface area (Å²) in [5, 5.41) is 2.75. The fourth-order valence-corrected chi connectivity index (χ4v) is 3.79. The van der Waals surface area contributed by atoms with E-state index in [2.05, 4.69) is 10.3 Å². The Morgan fingerprint density at radius 3 is 2.45 bits per heavy atom. The lowest BCUT2D eigenvalue weighted by atomic mass is 10.1. The maximum Gasteiger partial charge on any atom is 0.256 e. The second-order valence-corrected chi connectivity index (χ2v) is 9.21. The van der Waals surface area contributed by atoms with E-state index in [-0.39, 0.29) is 4.90 Å². The number of hydrogen-bond donors (Lipinski definition) is 1. The zero-order valence-electron chi connectivity index (χ0n) is 17.0. The highest BCUT2D eigenvalue weighted by atomic mass is 32.2. The highest BCUT2D eigenvalue weighted by Crippen LogP contribution is 2.29. The molecule has 4 rings (SSSR count). The second-order valence-electron chi connectivity index (χ2n) is 7.20. The van der Waals surface area contributed by atoms with E-state index in [0.717, 1.165) is 17.4 Å². The minimum atomic E-state index is -3.38. The van der Waals surface area contributed by atoms with Gasteiger partial charge < -0.3 is 9.73 Å². The molecule has 0 aliphatic carbocycles. The van der Waals surface area contributed by atoms with Crippen LogP contribution in [0.15, 0.2) is 88.3 Å². The molecule has 0 fully saturated rings. The molecule has 0 aliphatic heterocycles.